The second-order valence-electron chi connectivity index (χ2n) is 5.11. The largest absolute Gasteiger partial charge is 0.504 e. The molecule has 0 radical (unpaired) electrons. The molecule has 106 valence electrons. The zero-order chi connectivity index (χ0) is 14.1. The van der Waals surface area contributed by atoms with Crippen LogP contribution in [-0.2, 0) is 9.59 Å². The Balaban J connectivity index is 2.17. The molecule has 0 spiro atoms. The fourth-order valence-electron chi connectivity index (χ4n) is 2.27. The normalized spacial score (nSPS) is 15.4. The molecule has 0 atom stereocenters. The lowest BCUT2D eigenvalue weighted by Crippen LogP contribution is -2.14. The molecule has 0 fully saturated rings. The molecule has 0 heterocycles. The van der Waals surface area contributed by atoms with E-state index in [2.05, 4.69) is 6.92 Å². The summed E-state index contributed by atoms with van der Waals surface area (Å²) in [5.41, 5.74) is 0.290. The van der Waals surface area contributed by atoms with Gasteiger partial charge in [0.25, 0.3) is 0 Å². The molecule has 0 amide bonds. The van der Waals surface area contributed by atoms with Gasteiger partial charge in [-0.05, 0) is 25.0 Å². The molecule has 3 heteroatoms. The van der Waals surface area contributed by atoms with Crippen molar-refractivity contribution < 1.29 is 14.7 Å². The fourth-order valence-corrected chi connectivity index (χ4v) is 2.27. The van der Waals surface area contributed by atoms with E-state index in [1.54, 1.807) is 0 Å². The lowest BCUT2D eigenvalue weighted by molar-refractivity contribution is -0.117. The first kappa shape index (κ1) is 15.7. The number of carbonyl (C=O) groups excluding carboxylic acids is 2. The Morgan fingerprint density at radius 3 is 2.00 bits per heavy atom. The number of aliphatic hydroxyl groups is 1. The molecule has 0 aromatic heterocycles. The molecule has 3 nitrogen and oxygen atoms in total. The van der Waals surface area contributed by atoms with Crippen molar-refractivity contribution in [3.8, 4) is 0 Å². The molecule has 1 rings (SSSR count). The number of hydrogen-bond donors (Lipinski definition) is 1. The summed E-state index contributed by atoms with van der Waals surface area (Å²) in [6, 6.07) is 0. The molecule has 0 aliphatic heterocycles. The topological polar surface area (TPSA) is 54.4 Å². The highest BCUT2D eigenvalue weighted by Gasteiger charge is 2.21. The Bertz CT molecular complexity index is 377. The molecule has 0 saturated carbocycles. The zero-order valence-electron chi connectivity index (χ0n) is 11.8. The van der Waals surface area contributed by atoms with Gasteiger partial charge in [0.15, 0.2) is 11.5 Å². The average molecular weight is 264 g/mol. The Morgan fingerprint density at radius 2 is 1.37 bits per heavy atom. The Labute approximate surface area is 115 Å². The number of carbonyl (C=O) groups is 2. The highest BCUT2D eigenvalue weighted by molar-refractivity contribution is 6.18. The van der Waals surface area contributed by atoms with Crippen LogP contribution in [0, 0.1) is 0 Å². The fraction of sp³-hybridized carbons (Fsp3) is 0.625. The first-order chi connectivity index (χ1) is 9.16. The van der Waals surface area contributed by atoms with Crippen molar-refractivity contribution in [3.63, 3.8) is 0 Å². The first-order valence-electron chi connectivity index (χ1n) is 7.35. The third-order valence-corrected chi connectivity index (χ3v) is 3.48. The summed E-state index contributed by atoms with van der Waals surface area (Å²) in [7, 11) is 0. The molecule has 0 unspecified atom stereocenters. The molecule has 1 N–H and O–H groups in total. The predicted molar refractivity (Wildman–Crippen MR) is 76.0 cm³/mol. The lowest BCUT2D eigenvalue weighted by atomic mass is 9.96. The van der Waals surface area contributed by atoms with E-state index in [-0.39, 0.29) is 11.5 Å². The summed E-state index contributed by atoms with van der Waals surface area (Å²) >= 11 is 0. The van der Waals surface area contributed by atoms with Crippen LogP contribution in [0.15, 0.2) is 23.5 Å². The van der Waals surface area contributed by atoms with Crippen LogP contribution in [0.25, 0.3) is 0 Å². The highest BCUT2D eigenvalue weighted by Crippen LogP contribution is 2.19. The van der Waals surface area contributed by atoms with Gasteiger partial charge in [-0.15, -0.1) is 0 Å². The van der Waals surface area contributed by atoms with Gasteiger partial charge in [0.1, 0.15) is 0 Å². The van der Waals surface area contributed by atoms with Crippen LogP contribution in [0.3, 0.4) is 0 Å². The van der Waals surface area contributed by atoms with Crippen LogP contribution in [-0.4, -0.2) is 16.7 Å². The van der Waals surface area contributed by atoms with Crippen LogP contribution in [0.4, 0.5) is 0 Å². The Morgan fingerprint density at radius 1 is 0.842 bits per heavy atom. The maximum absolute atomic E-state index is 11.5. The SMILES string of the molecule is CCCCCCCCCCC1=C(O)C(=O)C=CC1=O. The van der Waals surface area contributed by atoms with Crippen LogP contribution in [0.5, 0.6) is 0 Å². The van der Waals surface area contributed by atoms with Gasteiger partial charge in [0, 0.05) is 5.57 Å². The Hall–Kier alpha value is -1.38. The first-order valence-corrected chi connectivity index (χ1v) is 7.35. The molecule has 0 aromatic carbocycles. The van der Waals surface area contributed by atoms with E-state index in [0.29, 0.717) is 12.0 Å². The van der Waals surface area contributed by atoms with Gasteiger partial charge < -0.3 is 5.11 Å². The third-order valence-electron chi connectivity index (χ3n) is 3.48. The van der Waals surface area contributed by atoms with Gasteiger partial charge in [-0.25, -0.2) is 0 Å². The number of aliphatic hydroxyl groups excluding tert-OH is 1. The number of ketones is 2. The molecule has 1 aliphatic rings. The van der Waals surface area contributed by atoms with E-state index >= 15 is 0 Å². The summed E-state index contributed by atoms with van der Waals surface area (Å²) in [5.74, 6) is -1.02. The van der Waals surface area contributed by atoms with Gasteiger partial charge in [-0.2, -0.15) is 0 Å². The average Bonchev–Trinajstić information content (AvgIpc) is 2.40. The van der Waals surface area contributed by atoms with Crippen molar-refractivity contribution in [1.82, 2.24) is 0 Å². The van der Waals surface area contributed by atoms with E-state index in [0.717, 1.165) is 25.3 Å². The molecule has 0 aromatic rings. The minimum Gasteiger partial charge on any atom is -0.504 e. The van der Waals surface area contributed by atoms with E-state index in [1.807, 2.05) is 0 Å². The summed E-state index contributed by atoms with van der Waals surface area (Å²) in [6.45, 7) is 2.21. The van der Waals surface area contributed by atoms with Gasteiger partial charge in [0.05, 0.1) is 0 Å². The molecular formula is C16H24O3. The smallest absolute Gasteiger partial charge is 0.220 e. The lowest BCUT2D eigenvalue weighted by Gasteiger charge is -2.09. The summed E-state index contributed by atoms with van der Waals surface area (Å²) in [6.07, 6.45) is 12.4. The van der Waals surface area contributed by atoms with Gasteiger partial charge in [-0.1, -0.05) is 51.9 Å². The monoisotopic (exact) mass is 264 g/mol. The molecule has 1 aliphatic carbocycles. The molecule has 0 saturated heterocycles. The summed E-state index contributed by atoms with van der Waals surface area (Å²) < 4.78 is 0. The van der Waals surface area contributed by atoms with Crippen molar-refractivity contribution in [1.29, 1.82) is 0 Å². The minimum atomic E-state index is -0.450. The zero-order valence-corrected chi connectivity index (χ0v) is 11.8. The number of rotatable bonds is 9. The molecule has 0 bridgehead atoms. The summed E-state index contributed by atoms with van der Waals surface area (Å²) in [5, 5.41) is 9.57. The maximum Gasteiger partial charge on any atom is 0.220 e. The number of hydrogen-bond acceptors (Lipinski definition) is 3. The Kier molecular flexibility index (Phi) is 7.16. The predicted octanol–water partition coefficient (Wildman–Crippen LogP) is 4.04. The quantitative estimate of drug-likeness (QED) is 0.505. The number of unbranched alkanes of at least 4 members (excludes halogenated alkanes) is 7. The van der Waals surface area contributed by atoms with Gasteiger partial charge in [-0.3, -0.25) is 9.59 Å². The standard InChI is InChI=1S/C16H24O3/c1-2-3-4-5-6-7-8-9-10-13-14(17)11-12-15(18)16(13)19/h11-12,19H,2-10H2,1H3. The highest BCUT2D eigenvalue weighted by atomic mass is 16.3. The van der Waals surface area contributed by atoms with Crippen LogP contribution in [0.2, 0.25) is 0 Å². The second-order valence-corrected chi connectivity index (χ2v) is 5.11. The van der Waals surface area contributed by atoms with E-state index < -0.39 is 5.78 Å². The molecular weight excluding hydrogens is 240 g/mol. The van der Waals surface area contributed by atoms with Crippen LogP contribution >= 0.6 is 0 Å². The van der Waals surface area contributed by atoms with Crippen molar-refractivity contribution in [2.24, 2.45) is 0 Å². The van der Waals surface area contributed by atoms with E-state index in [9.17, 15) is 14.7 Å². The number of allylic oxidation sites excluding steroid dienone is 3. The maximum atomic E-state index is 11.5. The summed E-state index contributed by atoms with van der Waals surface area (Å²) in [4.78, 5) is 22.8. The minimum absolute atomic E-state index is 0.222. The van der Waals surface area contributed by atoms with Crippen molar-refractivity contribution in [2.75, 3.05) is 0 Å². The van der Waals surface area contributed by atoms with Gasteiger partial charge in [0.2, 0.25) is 5.78 Å². The second kappa shape index (κ2) is 8.68. The molecule has 19 heavy (non-hydrogen) atoms. The van der Waals surface area contributed by atoms with Crippen LogP contribution in [0.1, 0.15) is 64.7 Å². The third kappa shape index (κ3) is 5.41. The van der Waals surface area contributed by atoms with Crippen molar-refractivity contribution in [3.05, 3.63) is 23.5 Å². The van der Waals surface area contributed by atoms with Crippen molar-refractivity contribution >= 4 is 11.6 Å². The van der Waals surface area contributed by atoms with Crippen molar-refractivity contribution in [2.45, 2.75) is 64.7 Å². The van der Waals surface area contributed by atoms with Crippen LogP contribution < -0.4 is 0 Å². The van der Waals surface area contributed by atoms with E-state index in [1.165, 1.54) is 38.2 Å². The van der Waals surface area contributed by atoms with Gasteiger partial charge >= 0.3 is 0 Å². The van der Waals surface area contributed by atoms with E-state index in [4.69, 9.17) is 0 Å².